The molecule has 0 unspecified atom stereocenters. The third-order valence-electron chi connectivity index (χ3n) is 2.09. The zero-order valence-corrected chi connectivity index (χ0v) is 8.56. The van der Waals surface area contributed by atoms with E-state index >= 15 is 0 Å². The van der Waals surface area contributed by atoms with Gasteiger partial charge >= 0.3 is 0 Å². The van der Waals surface area contributed by atoms with Crippen molar-refractivity contribution in [2.45, 2.75) is 6.54 Å². The molecule has 1 aromatic rings. The van der Waals surface area contributed by atoms with Gasteiger partial charge in [0.05, 0.1) is 13.2 Å². The van der Waals surface area contributed by atoms with Gasteiger partial charge in [0, 0.05) is 32.5 Å². The lowest BCUT2D eigenvalue weighted by Gasteiger charge is -2.18. The Balaban J connectivity index is 2.54. The summed E-state index contributed by atoms with van der Waals surface area (Å²) in [6, 6.07) is 0. The minimum atomic E-state index is 0.165. The van der Waals surface area contributed by atoms with Gasteiger partial charge in [0.15, 0.2) is 0 Å². The van der Waals surface area contributed by atoms with Crippen molar-refractivity contribution >= 4 is 0 Å². The van der Waals surface area contributed by atoms with Gasteiger partial charge in [0.2, 0.25) is 0 Å². The van der Waals surface area contributed by atoms with Crippen LogP contribution in [-0.2, 0) is 13.6 Å². The molecule has 1 aromatic heterocycles. The number of aliphatic hydroxyl groups is 1. The molecule has 0 fully saturated rings. The molecule has 0 aromatic carbocycles. The van der Waals surface area contributed by atoms with Gasteiger partial charge in [0.1, 0.15) is 5.82 Å². The Kier molecular flexibility index (Phi) is 4.35. The standard InChI is InChI=1S/C10H17N3O/c1-3-5-13(7-8-14)9-10-11-4-6-12(10)2/h3-4,6,14H,1,5,7-9H2,2H3. The molecule has 0 bridgehead atoms. The van der Waals surface area contributed by atoms with Gasteiger partial charge in [0.25, 0.3) is 0 Å². The Morgan fingerprint density at radius 2 is 2.50 bits per heavy atom. The van der Waals surface area contributed by atoms with Crippen LogP contribution in [0.25, 0.3) is 0 Å². The van der Waals surface area contributed by atoms with Gasteiger partial charge < -0.3 is 9.67 Å². The Bertz CT molecular complexity index is 283. The van der Waals surface area contributed by atoms with Crippen molar-refractivity contribution in [3.8, 4) is 0 Å². The second kappa shape index (κ2) is 5.57. The molecule has 14 heavy (non-hydrogen) atoms. The summed E-state index contributed by atoms with van der Waals surface area (Å²) in [6.45, 7) is 6.02. The summed E-state index contributed by atoms with van der Waals surface area (Å²) in [6.07, 6.45) is 5.53. The van der Waals surface area contributed by atoms with Crippen molar-refractivity contribution < 1.29 is 5.11 Å². The molecule has 0 atom stereocenters. The van der Waals surface area contributed by atoms with Gasteiger partial charge in [-0.3, -0.25) is 4.90 Å². The summed E-state index contributed by atoms with van der Waals surface area (Å²) < 4.78 is 1.98. The van der Waals surface area contributed by atoms with Crippen LogP contribution in [0, 0.1) is 0 Å². The molecule has 78 valence electrons. The quantitative estimate of drug-likeness (QED) is 0.668. The van der Waals surface area contributed by atoms with E-state index in [0.717, 1.165) is 18.9 Å². The van der Waals surface area contributed by atoms with Crippen LogP contribution in [0.1, 0.15) is 5.82 Å². The van der Waals surface area contributed by atoms with E-state index in [-0.39, 0.29) is 6.61 Å². The largest absolute Gasteiger partial charge is 0.395 e. The second-order valence-electron chi connectivity index (χ2n) is 3.20. The van der Waals surface area contributed by atoms with E-state index in [2.05, 4.69) is 16.5 Å². The Labute approximate surface area is 84.5 Å². The number of aryl methyl sites for hydroxylation is 1. The molecule has 1 N–H and O–H groups in total. The molecule has 0 amide bonds. The molecular formula is C10H17N3O. The fourth-order valence-corrected chi connectivity index (χ4v) is 1.31. The van der Waals surface area contributed by atoms with Crippen LogP contribution in [0.15, 0.2) is 25.0 Å². The number of imidazole rings is 1. The molecular weight excluding hydrogens is 178 g/mol. The average Bonchev–Trinajstić information content (AvgIpc) is 2.53. The van der Waals surface area contributed by atoms with Gasteiger partial charge in [-0.05, 0) is 0 Å². The lowest BCUT2D eigenvalue weighted by Crippen LogP contribution is -2.27. The molecule has 1 heterocycles. The summed E-state index contributed by atoms with van der Waals surface area (Å²) in [5, 5.41) is 8.86. The lowest BCUT2D eigenvalue weighted by atomic mass is 10.4. The Morgan fingerprint density at radius 1 is 1.71 bits per heavy atom. The van der Waals surface area contributed by atoms with Crippen molar-refractivity contribution in [1.82, 2.24) is 14.5 Å². The average molecular weight is 195 g/mol. The lowest BCUT2D eigenvalue weighted by molar-refractivity contribution is 0.199. The normalized spacial score (nSPS) is 10.8. The topological polar surface area (TPSA) is 41.3 Å². The van der Waals surface area contributed by atoms with E-state index in [1.165, 1.54) is 0 Å². The monoisotopic (exact) mass is 195 g/mol. The summed E-state index contributed by atoms with van der Waals surface area (Å²) in [5.74, 6) is 1.00. The number of aromatic nitrogens is 2. The number of hydrogen-bond acceptors (Lipinski definition) is 3. The summed E-state index contributed by atoms with van der Waals surface area (Å²) >= 11 is 0. The second-order valence-corrected chi connectivity index (χ2v) is 3.20. The van der Waals surface area contributed by atoms with E-state index in [1.54, 1.807) is 6.20 Å². The minimum absolute atomic E-state index is 0.165. The van der Waals surface area contributed by atoms with Crippen molar-refractivity contribution in [3.63, 3.8) is 0 Å². The highest BCUT2D eigenvalue weighted by molar-refractivity contribution is 4.91. The number of aliphatic hydroxyl groups excluding tert-OH is 1. The molecule has 0 aliphatic heterocycles. The summed E-state index contributed by atoms with van der Waals surface area (Å²) in [7, 11) is 1.97. The molecule has 4 nitrogen and oxygen atoms in total. The van der Waals surface area contributed by atoms with Crippen LogP contribution in [0.5, 0.6) is 0 Å². The van der Waals surface area contributed by atoms with E-state index in [9.17, 15) is 0 Å². The first-order valence-electron chi connectivity index (χ1n) is 4.68. The van der Waals surface area contributed by atoms with E-state index < -0.39 is 0 Å². The first-order chi connectivity index (χ1) is 6.77. The van der Waals surface area contributed by atoms with Crippen molar-refractivity contribution in [1.29, 1.82) is 0 Å². The molecule has 4 heteroatoms. The van der Waals surface area contributed by atoms with Gasteiger partial charge in [-0.2, -0.15) is 0 Å². The zero-order chi connectivity index (χ0) is 10.4. The highest BCUT2D eigenvalue weighted by Gasteiger charge is 2.06. The van der Waals surface area contributed by atoms with Crippen LogP contribution in [-0.4, -0.2) is 39.3 Å². The molecule has 0 radical (unpaired) electrons. The minimum Gasteiger partial charge on any atom is -0.395 e. The smallest absolute Gasteiger partial charge is 0.122 e. The van der Waals surface area contributed by atoms with E-state index in [1.807, 2.05) is 23.9 Å². The van der Waals surface area contributed by atoms with Gasteiger partial charge in [-0.15, -0.1) is 6.58 Å². The van der Waals surface area contributed by atoms with Crippen molar-refractivity contribution in [2.24, 2.45) is 7.05 Å². The Hall–Kier alpha value is -1.13. The van der Waals surface area contributed by atoms with Gasteiger partial charge in [-0.25, -0.2) is 4.98 Å². The Morgan fingerprint density at radius 3 is 3.00 bits per heavy atom. The molecule has 0 saturated heterocycles. The SMILES string of the molecule is C=CCN(CCO)Cc1nccn1C. The number of nitrogens with zero attached hydrogens (tertiary/aromatic N) is 3. The first-order valence-corrected chi connectivity index (χ1v) is 4.68. The molecule has 0 aliphatic rings. The highest BCUT2D eigenvalue weighted by Crippen LogP contribution is 2.00. The van der Waals surface area contributed by atoms with Gasteiger partial charge in [-0.1, -0.05) is 6.08 Å². The third kappa shape index (κ3) is 2.97. The van der Waals surface area contributed by atoms with Crippen LogP contribution in [0.3, 0.4) is 0 Å². The van der Waals surface area contributed by atoms with Crippen LogP contribution in [0.2, 0.25) is 0 Å². The maximum atomic E-state index is 8.86. The molecule has 0 spiro atoms. The van der Waals surface area contributed by atoms with Crippen LogP contribution < -0.4 is 0 Å². The summed E-state index contributed by atoms with van der Waals surface area (Å²) in [5.41, 5.74) is 0. The fourth-order valence-electron chi connectivity index (χ4n) is 1.31. The number of rotatable bonds is 6. The van der Waals surface area contributed by atoms with Crippen molar-refractivity contribution in [2.75, 3.05) is 19.7 Å². The summed E-state index contributed by atoms with van der Waals surface area (Å²) in [4.78, 5) is 6.32. The predicted molar refractivity (Wildman–Crippen MR) is 55.8 cm³/mol. The molecule has 0 saturated carbocycles. The molecule has 0 aliphatic carbocycles. The predicted octanol–water partition coefficient (Wildman–Crippen LogP) is 0.400. The first kappa shape index (κ1) is 10.9. The highest BCUT2D eigenvalue weighted by atomic mass is 16.3. The van der Waals surface area contributed by atoms with E-state index in [0.29, 0.717) is 6.54 Å². The number of hydrogen-bond donors (Lipinski definition) is 1. The maximum absolute atomic E-state index is 8.86. The van der Waals surface area contributed by atoms with E-state index in [4.69, 9.17) is 5.11 Å². The van der Waals surface area contributed by atoms with Crippen molar-refractivity contribution in [3.05, 3.63) is 30.9 Å². The maximum Gasteiger partial charge on any atom is 0.122 e. The zero-order valence-electron chi connectivity index (χ0n) is 8.56. The third-order valence-corrected chi connectivity index (χ3v) is 2.09. The fraction of sp³-hybridized carbons (Fsp3) is 0.500. The molecule has 1 rings (SSSR count). The van der Waals surface area contributed by atoms with Crippen LogP contribution in [0.4, 0.5) is 0 Å². The van der Waals surface area contributed by atoms with Crippen LogP contribution >= 0.6 is 0 Å².